The zero-order valence-electron chi connectivity index (χ0n) is 18.2. The van der Waals surface area contributed by atoms with Gasteiger partial charge >= 0.3 is 12.0 Å². The molecule has 3 aliphatic rings. The highest BCUT2D eigenvalue weighted by molar-refractivity contribution is 5.85. The van der Waals surface area contributed by atoms with Crippen molar-refractivity contribution in [2.24, 2.45) is 0 Å². The fraction of sp³-hybridized carbons (Fsp3) is 0.900. The Morgan fingerprint density at radius 1 is 0.933 bits per heavy atom. The van der Waals surface area contributed by atoms with Gasteiger partial charge in [0.1, 0.15) is 6.10 Å². The van der Waals surface area contributed by atoms with Gasteiger partial charge in [-0.3, -0.25) is 4.90 Å². The zero-order valence-corrected chi connectivity index (χ0v) is 19.8. The lowest BCUT2D eigenvalue weighted by atomic mass is 10.0. The molecule has 0 bridgehead atoms. The third kappa shape index (κ3) is 7.41. The maximum Gasteiger partial charge on any atom is 0.335 e. The van der Waals surface area contributed by atoms with Gasteiger partial charge in [0.25, 0.3) is 0 Å². The quantitative estimate of drug-likeness (QED) is 0.619. The molecule has 0 aromatic carbocycles. The van der Waals surface area contributed by atoms with E-state index in [4.69, 9.17) is 9.47 Å². The Hall–Kier alpha value is -0.800. The van der Waals surface area contributed by atoms with E-state index < -0.39 is 6.10 Å². The number of amides is 2. The zero-order chi connectivity index (χ0) is 19.9. The molecular formula is C20H38Cl2N4O4. The highest BCUT2D eigenvalue weighted by atomic mass is 35.5. The van der Waals surface area contributed by atoms with Crippen molar-refractivity contribution in [2.75, 3.05) is 59.0 Å². The lowest BCUT2D eigenvalue weighted by Crippen LogP contribution is -2.57. The molecule has 3 fully saturated rings. The van der Waals surface area contributed by atoms with E-state index in [2.05, 4.69) is 10.2 Å². The first kappa shape index (κ1) is 27.2. The Kier molecular flexibility index (Phi) is 12.3. The van der Waals surface area contributed by atoms with Gasteiger partial charge in [-0.1, -0.05) is 0 Å². The molecule has 3 heterocycles. The van der Waals surface area contributed by atoms with E-state index in [1.54, 1.807) is 6.92 Å². The van der Waals surface area contributed by atoms with Gasteiger partial charge in [-0.05, 0) is 39.8 Å². The molecule has 2 amide bonds. The van der Waals surface area contributed by atoms with Gasteiger partial charge in [0.15, 0.2) is 6.10 Å². The first-order valence-electron chi connectivity index (χ1n) is 10.9. The van der Waals surface area contributed by atoms with Crippen molar-refractivity contribution < 1.29 is 19.1 Å². The number of urea groups is 1. The number of hydrogen-bond acceptors (Lipinski definition) is 6. The van der Waals surface area contributed by atoms with Gasteiger partial charge in [0, 0.05) is 64.8 Å². The summed E-state index contributed by atoms with van der Waals surface area (Å²) in [6.45, 7) is 11.1. The molecule has 0 aromatic heterocycles. The number of carbonyl (C=O) groups excluding carboxylic acids is 2. The predicted molar refractivity (Wildman–Crippen MR) is 121 cm³/mol. The van der Waals surface area contributed by atoms with Crippen LogP contribution in [0, 0.1) is 0 Å². The molecule has 8 nitrogen and oxygen atoms in total. The van der Waals surface area contributed by atoms with Crippen LogP contribution in [0.25, 0.3) is 0 Å². The normalized spacial score (nSPS) is 22.6. The molecule has 3 aliphatic heterocycles. The molecule has 3 saturated heterocycles. The SMILES string of the molecule is CCOC(C)C(=O)OC1CCN(C(=O)N2CCN(C3CCNCC3)CC2)CC1.Cl.Cl. The van der Waals surface area contributed by atoms with Crippen LogP contribution in [0.2, 0.25) is 0 Å². The van der Waals surface area contributed by atoms with Crippen molar-refractivity contribution in [2.45, 2.75) is 57.8 Å². The van der Waals surface area contributed by atoms with Gasteiger partial charge in [-0.2, -0.15) is 0 Å². The van der Waals surface area contributed by atoms with Gasteiger partial charge in [-0.25, -0.2) is 9.59 Å². The van der Waals surface area contributed by atoms with Crippen molar-refractivity contribution in [1.29, 1.82) is 0 Å². The summed E-state index contributed by atoms with van der Waals surface area (Å²) in [5.74, 6) is -0.305. The minimum atomic E-state index is -0.527. The van der Waals surface area contributed by atoms with Crippen molar-refractivity contribution in [3.05, 3.63) is 0 Å². The van der Waals surface area contributed by atoms with Crippen LogP contribution in [0.1, 0.15) is 39.5 Å². The highest BCUT2D eigenvalue weighted by Gasteiger charge is 2.32. The number of likely N-dealkylation sites (tertiary alicyclic amines) is 1. The van der Waals surface area contributed by atoms with Crippen molar-refractivity contribution >= 4 is 36.8 Å². The molecule has 1 atom stereocenters. The molecule has 3 rings (SSSR count). The number of rotatable bonds is 5. The van der Waals surface area contributed by atoms with Crippen LogP contribution in [0.3, 0.4) is 0 Å². The van der Waals surface area contributed by atoms with E-state index in [1.807, 2.05) is 16.7 Å². The summed E-state index contributed by atoms with van der Waals surface area (Å²) in [6.07, 6.45) is 3.18. The van der Waals surface area contributed by atoms with Gasteiger partial charge in [0.2, 0.25) is 0 Å². The Bertz CT molecular complexity index is 521. The summed E-state index contributed by atoms with van der Waals surface area (Å²) in [4.78, 5) is 31.3. The fourth-order valence-electron chi connectivity index (χ4n) is 4.39. The maximum absolute atomic E-state index is 12.9. The largest absolute Gasteiger partial charge is 0.460 e. The second-order valence-corrected chi connectivity index (χ2v) is 8.01. The molecule has 0 radical (unpaired) electrons. The van der Waals surface area contributed by atoms with Crippen LogP contribution in [0.15, 0.2) is 0 Å². The third-order valence-electron chi connectivity index (χ3n) is 6.15. The predicted octanol–water partition coefficient (Wildman–Crippen LogP) is 1.75. The van der Waals surface area contributed by atoms with E-state index in [1.165, 1.54) is 12.8 Å². The van der Waals surface area contributed by atoms with E-state index in [-0.39, 0.29) is 42.9 Å². The number of piperazine rings is 1. The van der Waals surface area contributed by atoms with Gasteiger partial charge in [-0.15, -0.1) is 24.8 Å². The van der Waals surface area contributed by atoms with Crippen LogP contribution < -0.4 is 5.32 Å². The van der Waals surface area contributed by atoms with E-state index in [0.717, 1.165) is 39.3 Å². The second kappa shape index (κ2) is 13.6. The molecule has 0 spiro atoms. The van der Waals surface area contributed by atoms with Crippen LogP contribution in [-0.4, -0.2) is 104 Å². The summed E-state index contributed by atoms with van der Waals surface area (Å²) in [6, 6.07) is 0.806. The minimum Gasteiger partial charge on any atom is -0.460 e. The Morgan fingerprint density at radius 3 is 2.07 bits per heavy atom. The molecule has 0 saturated carbocycles. The van der Waals surface area contributed by atoms with E-state index >= 15 is 0 Å². The average molecular weight is 469 g/mol. The number of carbonyl (C=O) groups is 2. The summed E-state index contributed by atoms with van der Waals surface area (Å²) in [5.41, 5.74) is 0. The number of ether oxygens (including phenoxy) is 2. The lowest BCUT2D eigenvalue weighted by molar-refractivity contribution is -0.163. The number of piperidine rings is 2. The molecule has 10 heteroatoms. The molecular weight excluding hydrogens is 431 g/mol. The van der Waals surface area contributed by atoms with E-state index in [9.17, 15) is 9.59 Å². The topological polar surface area (TPSA) is 74.4 Å². The summed E-state index contributed by atoms with van der Waals surface area (Å²) < 4.78 is 10.8. The number of hydrogen-bond donors (Lipinski definition) is 1. The number of nitrogens with zero attached hydrogens (tertiary/aromatic N) is 3. The fourth-order valence-corrected chi connectivity index (χ4v) is 4.39. The second-order valence-electron chi connectivity index (χ2n) is 8.01. The average Bonchev–Trinajstić information content (AvgIpc) is 2.74. The monoisotopic (exact) mass is 468 g/mol. The third-order valence-corrected chi connectivity index (χ3v) is 6.15. The molecule has 0 aliphatic carbocycles. The van der Waals surface area contributed by atoms with Crippen LogP contribution >= 0.6 is 24.8 Å². The van der Waals surface area contributed by atoms with Crippen molar-refractivity contribution in [1.82, 2.24) is 20.0 Å². The van der Waals surface area contributed by atoms with Crippen molar-refractivity contribution in [3.63, 3.8) is 0 Å². The van der Waals surface area contributed by atoms with Crippen molar-refractivity contribution in [3.8, 4) is 0 Å². The molecule has 1 unspecified atom stereocenters. The minimum absolute atomic E-state index is 0. The summed E-state index contributed by atoms with van der Waals surface area (Å²) in [7, 11) is 0. The molecule has 1 N–H and O–H groups in total. The van der Waals surface area contributed by atoms with Crippen LogP contribution in [-0.2, 0) is 14.3 Å². The first-order chi connectivity index (χ1) is 13.6. The van der Waals surface area contributed by atoms with E-state index in [0.29, 0.717) is 38.6 Å². The first-order valence-corrected chi connectivity index (χ1v) is 10.9. The lowest BCUT2D eigenvalue weighted by Gasteiger charge is -2.43. The highest BCUT2D eigenvalue weighted by Crippen LogP contribution is 2.19. The van der Waals surface area contributed by atoms with Gasteiger partial charge < -0.3 is 24.6 Å². The molecule has 176 valence electrons. The number of halogens is 2. The summed E-state index contributed by atoms with van der Waals surface area (Å²) in [5, 5.41) is 3.42. The number of nitrogens with one attached hydrogen (secondary N) is 1. The molecule has 30 heavy (non-hydrogen) atoms. The Labute approximate surface area is 192 Å². The van der Waals surface area contributed by atoms with Crippen LogP contribution in [0.5, 0.6) is 0 Å². The van der Waals surface area contributed by atoms with Gasteiger partial charge in [0.05, 0.1) is 0 Å². The standard InChI is InChI=1S/C20H36N4O4.2ClH/c1-3-27-16(2)19(25)28-18-6-10-23(11-7-18)20(26)24-14-12-22(13-15-24)17-4-8-21-9-5-17;;/h16-18,21H,3-15H2,1-2H3;2*1H. The number of esters is 1. The summed E-state index contributed by atoms with van der Waals surface area (Å²) >= 11 is 0. The smallest absolute Gasteiger partial charge is 0.335 e. The Morgan fingerprint density at radius 2 is 1.50 bits per heavy atom. The molecule has 0 aromatic rings. The Balaban J connectivity index is 0.00000225. The van der Waals surface area contributed by atoms with Crippen LogP contribution in [0.4, 0.5) is 4.79 Å². The maximum atomic E-state index is 12.9.